The maximum absolute atomic E-state index is 12.6. The van der Waals surface area contributed by atoms with E-state index >= 15 is 0 Å². The van der Waals surface area contributed by atoms with E-state index in [1.54, 1.807) is 24.4 Å². The van der Waals surface area contributed by atoms with Crippen molar-refractivity contribution in [3.05, 3.63) is 42.6 Å². The second-order valence-corrected chi connectivity index (χ2v) is 8.97. The molecule has 1 aliphatic heterocycles. The zero-order valence-corrected chi connectivity index (χ0v) is 16.0. The molecule has 0 radical (unpaired) electrons. The van der Waals surface area contributed by atoms with Crippen molar-refractivity contribution in [3.8, 4) is 0 Å². The first-order chi connectivity index (χ1) is 13.6. The lowest BCUT2D eigenvalue weighted by molar-refractivity contribution is 0.293. The minimum Gasteiger partial charge on any atom is -0.299 e. The van der Waals surface area contributed by atoms with Crippen LogP contribution in [0.2, 0.25) is 0 Å². The van der Waals surface area contributed by atoms with Gasteiger partial charge in [0, 0.05) is 11.6 Å². The highest BCUT2D eigenvalue weighted by molar-refractivity contribution is 7.92. The molecule has 0 unspecified atom stereocenters. The highest BCUT2D eigenvalue weighted by atomic mass is 32.2. The highest BCUT2D eigenvalue weighted by Crippen LogP contribution is 2.41. The number of aromatic nitrogens is 3. The Hall–Kier alpha value is -2.94. The van der Waals surface area contributed by atoms with Crippen LogP contribution in [0.25, 0.3) is 11.0 Å². The average molecular weight is 396 g/mol. The van der Waals surface area contributed by atoms with Crippen LogP contribution in [0.4, 0.5) is 11.8 Å². The zero-order valence-electron chi connectivity index (χ0n) is 15.2. The third-order valence-corrected chi connectivity index (χ3v) is 6.81. The second kappa shape index (κ2) is 6.30. The molecule has 28 heavy (non-hydrogen) atoms. The van der Waals surface area contributed by atoms with Crippen molar-refractivity contribution in [2.75, 3.05) is 10.1 Å². The minimum atomic E-state index is -3.75. The summed E-state index contributed by atoms with van der Waals surface area (Å²) >= 11 is 0. The van der Waals surface area contributed by atoms with Gasteiger partial charge in [0.05, 0.1) is 16.6 Å². The van der Waals surface area contributed by atoms with Crippen LogP contribution in [-0.2, 0) is 15.6 Å². The van der Waals surface area contributed by atoms with E-state index in [0.717, 1.165) is 36.9 Å². The van der Waals surface area contributed by atoms with Crippen molar-refractivity contribution >= 4 is 39.0 Å². The number of anilines is 2. The summed E-state index contributed by atoms with van der Waals surface area (Å²) in [6.07, 6.45) is 9.07. The van der Waals surface area contributed by atoms with Gasteiger partial charge in [-0.25, -0.2) is 18.1 Å². The van der Waals surface area contributed by atoms with E-state index in [9.17, 15) is 8.42 Å². The van der Waals surface area contributed by atoms with Gasteiger partial charge in [-0.2, -0.15) is 10.1 Å². The first kappa shape index (κ1) is 17.2. The van der Waals surface area contributed by atoms with Crippen LogP contribution in [0.1, 0.15) is 32.1 Å². The summed E-state index contributed by atoms with van der Waals surface area (Å²) in [5.41, 5.74) is 3.53. The van der Waals surface area contributed by atoms with E-state index in [2.05, 4.69) is 29.8 Å². The number of hydrazone groups is 1. The maximum atomic E-state index is 12.6. The molecule has 0 bridgehead atoms. The number of nitrogens with zero attached hydrogens (tertiary/aromatic N) is 4. The molecule has 9 heteroatoms. The normalized spacial score (nSPS) is 18.0. The summed E-state index contributed by atoms with van der Waals surface area (Å²) in [5, 5.41) is 5.20. The van der Waals surface area contributed by atoms with Gasteiger partial charge in [-0.3, -0.25) is 9.99 Å². The fourth-order valence-electron chi connectivity index (χ4n) is 4.14. The molecule has 0 amide bonds. The molecule has 1 spiro atoms. The van der Waals surface area contributed by atoms with Crippen molar-refractivity contribution in [3.63, 3.8) is 0 Å². The van der Waals surface area contributed by atoms with Crippen molar-refractivity contribution in [1.29, 1.82) is 0 Å². The summed E-state index contributed by atoms with van der Waals surface area (Å²) in [4.78, 5) is 8.95. The van der Waals surface area contributed by atoms with Crippen LogP contribution < -0.4 is 10.1 Å². The van der Waals surface area contributed by atoms with E-state index in [0.29, 0.717) is 5.65 Å². The van der Waals surface area contributed by atoms with Gasteiger partial charge in [0.1, 0.15) is 11.5 Å². The molecule has 144 valence electrons. The van der Waals surface area contributed by atoms with Crippen LogP contribution in [0.15, 0.2) is 52.6 Å². The van der Waals surface area contributed by atoms with Crippen LogP contribution in [0.5, 0.6) is 0 Å². The summed E-state index contributed by atoms with van der Waals surface area (Å²) in [5.74, 6) is 0.919. The third-order valence-electron chi connectivity index (χ3n) is 5.47. The Labute approximate surface area is 162 Å². The number of hydrogen-bond donors (Lipinski definition) is 2. The Balaban J connectivity index is 1.58. The van der Waals surface area contributed by atoms with Crippen molar-refractivity contribution in [1.82, 2.24) is 14.5 Å². The topological polar surface area (TPSA) is 101 Å². The number of nitrogens with one attached hydrogen (secondary N) is 2. The van der Waals surface area contributed by atoms with Gasteiger partial charge >= 0.3 is 0 Å². The smallest absolute Gasteiger partial charge is 0.264 e. The number of fused-ring (bicyclic) bond motifs is 4. The number of sulfonamides is 1. The second-order valence-electron chi connectivity index (χ2n) is 7.29. The summed E-state index contributed by atoms with van der Waals surface area (Å²) in [7, 11) is -3.75. The fraction of sp³-hybridized carbons (Fsp3) is 0.316. The predicted octanol–water partition coefficient (Wildman–Crippen LogP) is 3.30. The van der Waals surface area contributed by atoms with E-state index in [1.807, 2.05) is 12.3 Å². The molecule has 0 saturated heterocycles. The van der Waals surface area contributed by atoms with E-state index in [4.69, 9.17) is 0 Å². The lowest BCUT2D eigenvalue weighted by Crippen LogP contribution is -2.40. The van der Waals surface area contributed by atoms with Gasteiger partial charge < -0.3 is 0 Å². The predicted molar refractivity (Wildman–Crippen MR) is 108 cm³/mol. The first-order valence-electron chi connectivity index (χ1n) is 9.35. The minimum absolute atomic E-state index is 0.0609. The van der Waals surface area contributed by atoms with Crippen LogP contribution in [-0.4, -0.2) is 29.2 Å². The molecule has 1 saturated carbocycles. The molecule has 1 aliphatic carbocycles. The van der Waals surface area contributed by atoms with Gasteiger partial charge in [-0.15, -0.1) is 0 Å². The van der Waals surface area contributed by atoms with Crippen molar-refractivity contribution < 1.29 is 8.42 Å². The largest absolute Gasteiger partial charge is 0.299 e. The van der Waals surface area contributed by atoms with Gasteiger partial charge in [-0.1, -0.05) is 37.5 Å². The molecular weight excluding hydrogens is 376 g/mol. The molecule has 8 nitrogen and oxygen atoms in total. The molecular formula is C19H20N6O2S. The molecule has 0 atom stereocenters. The average Bonchev–Trinajstić information content (AvgIpc) is 3.08. The fourth-order valence-corrected chi connectivity index (χ4v) is 5.12. The number of rotatable bonds is 3. The molecule has 2 N–H and O–H groups in total. The lowest BCUT2D eigenvalue weighted by Gasteiger charge is -2.38. The monoisotopic (exact) mass is 396 g/mol. The van der Waals surface area contributed by atoms with E-state index in [1.165, 1.54) is 18.6 Å². The van der Waals surface area contributed by atoms with Crippen LogP contribution in [0, 0.1) is 0 Å². The summed E-state index contributed by atoms with van der Waals surface area (Å²) in [6.45, 7) is 0. The van der Waals surface area contributed by atoms with E-state index in [-0.39, 0.29) is 16.4 Å². The van der Waals surface area contributed by atoms with Gasteiger partial charge in [0.15, 0.2) is 0 Å². The SMILES string of the molecule is O=S(=O)(Nc1ncc2cc3n(c2n1)C1(C=NN3)CCCCC1)c1ccccc1. The Morgan fingerprint density at radius 3 is 2.68 bits per heavy atom. The molecule has 1 fully saturated rings. The van der Waals surface area contributed by atoms with Crippen LogP contribution in [0.3, 0.4) is 0 Å². The quantitative estimate of drug-likeness (QED) is 0.707. The lowest BCUT2D eigenvalue weighted by atomic mass is 9.82. The Morgan fingerprint density at radius 2 is 1.89 bits per heavy atom. The molecule has 2 aromatic heterocycles. The van der Waals surface area contributed by atoms with Gasteiger partial charge in [0.2, 0.25) is 5.95 Å². The first-order valence-corrected chi connectivity index (χ1v) is 10.8. The van der Waals surface area contributed by atoms with Crippen LogP contribution >= 0.6 is 0 Å². The molecule has 3 aromatic rings. The Kier molecular flexibility index (Phi) is 3.87. The summed E-state index contributed by atoms with van der Waals surface area (Å²) < 4.78 is 29.9. The number of benzene rings is 1. The zero-order chi connectivity index (χ0) is 19.2. The molecule has 2 aliphatic rings. The summed E-state index contributed by atoms with van der Waals surface area (Å²) in [6, 6.07) is 10.2. The third kappa shape index (κ3) is 2.73. The molecule has 1 aromatic carbocycles. The molecule has 3 heterocycles. The molecule has 5 rings (SSSR count). The van der Waals surface area contributed by atoms with Crippen molar-refractivity contribution in [2.24, 2.45) is 5.10 Å². The van der Waals surface area contributed by atoms with E-state index < -0.39 is 10.0 Å². The Bertz CT molecular complexity index is 1160. The van der Waals surface area contributed by atoms with Crippen molar-refractivity contribution in [2.45, 2.75) is 42.5 Å². The standard InChI is InChI=1S/C19H20N6O2S/c26-28(27,15-7-3-1-4-8-15)24-18-20-12-14-11-16-23-21-13-19(9-5-2-6-10-19)25(16)17(14)22-18/h1,3-4,7-8,11-13,23H,2,5-6,9-10H2,(H,20,22,24). The number of hydrogen-bond acceptors (Lipinski definition) is 6. The maximum Gasteiger partial charge on any atom is 0.264 e. The Morgan fingerprint density at radius 1 is 1.11 bits per heavy atom. The highest BCUT2D eigenvalue weighted by Gasteiger charge is 2.37. The van der Waals surface area contributed by atoms with Gasteiger partial charge in [-0.05, 0) is 31.0 Å². The van der Waals surface area contributed by atoms with Gasteiger partial charge in [0.25, 0.3) is 10.0 Å².